The quantitative estimate of drug-likeness (QED) is 0.730. The number of amides is 1. The van der Waals surface area contributed by atoms with E-state index in [2.05, 4.69) is 10.3 Å². The summed E-state index contributed by atoms with van der Waals surface area (Å²) in [6.45, 7) is 2.80. The number of nitrogens with zero attached hydrogens (tertiary/aromatic N) is 1. The van der Waals surface area contributed by atoms with E-state index in [-0.39, 0.29) is 0 Å². The van der Waals surface area contributed by atoms with E-state index in [4.69, 9.17) is 5.11 Å². The molecule has 0 saturated heterocycles. The third kappa shape index (κ3) is 4.41. The molecule has 124 valence electrons. The fourth-order valence-corrected chi connectivity index (χ4v) is 2.63. The number of hydrogen-bond donors (Lipinski definition) is 3. The van der Waals surface area contributed by atoms with Crippen LogP contribution < -0.4 is 5.32 Å². The van der Waals surface area contributed by atoms with E-state index < -0.39 is 47.5 Å². The van der Waals surface area contributed by atoms with E-state index in [0.29, 0.717) is 17.0 Å². The highest BCUT2D eigenvalue weighted by Gasteiger charge is 2.58. The summed E-state index contributed by atoms with van der Waals surface area (Å²) in [5.74, 6) is -2.31. The van der Waals surface area contributed by atoms with Gasteiger partial charge in [0.2, 0.25) is 11.5 Å². The van der Waals surface area contributed by atoms with E-state index in [1.54, 1.807) is 0 Å². The zero-order chi connectivity index (χ0) is 17.1. The summed E-state index contributed by atoms with van der Waals surface area (Å²) in [5, 5.41) is 21.3. The van der Waals surface area contributed by atoms with Gasteiger partial charge in [-0.1, -0.05) is 0 Å². The number of thiazole rings is 1. The van der Waals surface area contributed by atoms with Crippen LogP contribution in [0.1, 0.15) is 30.5 Å². The van der Waals surface area contributed by atoms with Crippen LogP contribution in [0, 0.1) is 6.92 Å². The number of aliphatic hydroxyl groups is 1. The van der Waals surface area contributed by atoms with Gasteiger partial charge in [0, 0.05) is 17.1 Å². The molecule has 0 spiro atoms. The van der Waals surface area contributed by atoms with Crippen molar-refractivity contribution in [2.45, 2.75) is 44.5 Å². The highest BCUT2D eigenvalue weighted by Crippen LogP contribution is 2.42. The first-order chi connectivity index (χ1) is 9.95. The lowest BCUT2D eigenvalue weighted by atomic mass is 9.99. The Morgan fingerprint density at radius 3 is 2.45 bits per heavy atom. The normalized spacial score (nSPS) is 15.9. The number of carbonyl (C=O) groups excluding carboxylic acids is 1. The first-order valence-corrected chi connectivity index (χ1v) is 7.06. The van der Waals surface area contributed by atoms with Crippen molar-refractivity contribution in [2.24, 2.45) is 0 Å². The standard InChI is InChI=1S/C12H15F3N2O4S/c1-6(3-9(19)20)16-8(18)4-11(21,12(13,14)15)10-17-7(2)5-22-10/h5-6,21H,3-4H2,1-2H3,(H,16,18)(H,19,20). The minimum atomic E-state index is -5.09. The second-order valence-electron chi connectivity index (χ2n) is 4.90. The molecule has 6 nitrogen and oxygen atoms in total. The molecule has 10 heteroatoms. The smallest absolute Gasteiger partial charge is 0.424 e. The van der Waals surface area contributed by atoms with Crippen LogP contribution in [0.4, 0.5) is 13.2 Å². The number of aliphatic carboxylic acids is 1. The number of alkyl halides is 3. The summed E-state index contributed by atoms with van der Waals surface area (Å²) in [7, 11) is 0. The third-order valence-corrected chi connectivity index (χ3v) is 3.86. The maximum absolute atomic E-state index is 13.1. The predicted octanol–water partition coefficient (Wildman–Crippen LogP) is 1.57. The second-order valence-corrected chi connectivity index (χ2v) is 5.75. The number of rotatable bonds is 6. The van der Waals surface area contributed by atoms with Crippen LogP contribution in [-0.4, -0.2) is 39.3 Å². The second kappa shape index (κ2) is 6.61. The molecule has 22 heavy (non-hydrogen) atoms. The lowest BCUT2D eigenvalue weighted by molar-refractivity contribution is -0.267. The fourth-order valence-electron chi connectivity index (χ4n) is 1.71. The van der Waals surface area contributed by atoms with Crippen LogP contribution in [-0.2, 0) is 15.2 Å². The van der Waals surface area contributed by atoms with Gasteiger partial charge >= 0.3 is 12.1 Å². The van der Waals surface area contributed by atoms with Crippen molar-refractivity contribution in [1.29, 1.82) is 0 Å². The lowest BCUT2D eigenvalue weighted by Crippen LogP contribution is -2.47. The van der Waals surface area contributed by atoms with Crippen LogP contribution in [0.15, 0.2) is 5.38 Å². The molecule has 1 rings (SSSR count). The number of aromatic nitrogens is 1. The van der Waals surface area contributed by atoms with E-state index in [0.717, 1.165) is 0 Å². The van der Waals surface area contributed by atoms with Crippen LogP contribution in [0.25, 0.3) is 0 Å². The maximum Gasteiger partial charge on any atom is 0.424 e. The SMILES string of the molecule is Cc1csc(C(O)(CC(=O)NC(C)CC(=O)O)C(F)(F)F)n1. The van der Waals surface area contributed by atoms with E-state index in [9.17, 15) is 27.9 Å². The molecule has 0 aliphatic heterocycles. The molecule has 0 aliphatic carbocycles. The summed E-state index contributed by atoms with van der Waals surface area (Å²) >= 11 is 0.600. The van der Waals surface area contributed by atoms with Crippen molar-refractivity contribution >= 4 is 23.2 Å². The Hall–Kier alpha value is -1.68. The van der Waals surface area contributed by atoms with Crippen molar-refractivity contribution < 1.29 is 33.0 Å². The molecule has 0 fully saturated rings. The van der Waals surface area contributed by atoms with E-state index in [1.165, 1.54) is 19.2 Å². The number of halogens is 3. The molecule has 0 aliphatic rings. The Morgan fingerprint density at radius 1 is 1.45 bits per heavy atom. The molecule has 3 N–H and O–H groups in total. The van der Waals surface area contributed by atoms with Crippen LogP contribution in [0.2, 0.25) is 0 Å². The number of carboxylic acids is 1. The average Bonchev–Trinajstić information content (AvgIpc) is 2.72. The van der Waals surface area contributed by atoms with Gasteiger partial charge in [-0.3, -0.25) is 9.59 Å². The van der Waals surface area contributed by atoms with Gasteiger partial charge in [0.1, 0.15) is 5.01 Å². The molecule has 0 aromatic carbocycles. The van der Waals surface area contributed by atoms with Crippen molar-refractivity contribution in [3.8, 4) is 0 Å². The van der Waals surface area contributed by atoms with Gasteiger partial charge in [-0.15, -0.1) is 11.3 Å². The maximum atomic E-state index is 13.1. The monoisotopic (exact) mass is 340 g/mol. The number of nitrogens with one attached hydrogen (secondary N) is 1. The van der Waals surface area contributed by atoms with Gasteiger partial charge in [-0.25, -0.2) is 4.98 Å². The summed E-state index contributed by atoms with van der Waals surface area (Å²) in [6, 6.07) is -0.861. The molecular formula is C12H15F3N2O4S. The molecule has 0 bridgehead atoms. The Labute approximate surface area is 128 Å². The summed E-state index contributed by atoms with van der Waals surface area (Å²) in [6.07, 6.45) is -6.81. The minimum absolute atomic E-state index is 0.294. The Balaban J connectivity index is 2.91. The molecule has 0 radical (unpaired) electrons. The number of carbonyl (C=O) groups is 2. The molecule has 2 unspecified atom stereocenters. The van der Waals surface area contributed by atoms with Crippen molar-refractivity contribution in [1.82, 2.24) is 10.3 Å². The zero-order valence-electron chi connectivity index (χ0n) is 11.8. The number of hydrogen-bond acceptors (Lipinski definition) is 5. The average molecular weight is 340 g/mol. The van der Waals surface area contributed by atoms with Gasteiger partial charge in [0.15, 0.2) is 0 Å². The Kier molecular flexibility index (Phi) is 5.52. The van der Waals surface area contributed by atoms with Crippen molar-refractivity contribution in [3.63, 3.8) is 0 Å². The van der Waals surface area contributed by atoms with Crippen molar-refractivity contribution in [3.05, 3.63) is 16.1 Å². The fraction of sp³-hybridized carbons (Fsp3) is 0.583. The number of carboxylic acid groups (broad SMARTS) is 1. The first kappa shape index (κ1) is 18.4. The number of aryl methyl sites for hydroxylation is 1. The highest BCUT2D eigenvalue weighted by molar-refractivity contribution is 7.09. The zero-order valence-corrected chi connectivity index (χ0v) is 12.6. The van der Waals surface area contributed by atoms with Crippen LogP contribution in [0.5, 0.6) is 0 Å². The minimum Gasteiger partial charge on any atom is -0.481 e. The molecule has 1 aromatic rings. The van der Waals surface area contributed by atoms with Gasteiger partial charge in [-0.05, 0) is 13.8 Å². The van der Waals surface area contributed by atoms with E-state index >= 15 is 0 Å². The predicted molar refractivity (Wildman–Crippen MR) is 71.3 cm³/mol. The molecular weight excluding hydrogens is 325 g/mol. The van der Waals surface area contributed by atoms with Gasteiger partial charge < -0.3 is 15.5 Å². The molecule has 2 atom stereocenters. The molecule has 1 heterocycles. The van der Waals surface area contributed by atoms with E-state index in [1.807, 2.05) is 0 Å². The molecule has 0 saturated carbocycles. The van der Waals surface area contributed by atoms with Gasteiger partial charge in [0.25, 0.3) is 0 Å². The molecule has 1 amide bonds. The van der Waals surface area contributed by atoms with Gasteiger partial charge in [-0.2, -0.15) is 13.2 Å². The first-order valence-electron chi connectivity index (χ1n) is 6.18. The Bertz CT molecular complexity index is 561. The third-order valence-electron chi connectivity index (χ3n) is 2.75. The highest BCUT2D eigenvalue weighted by atomic mass is 32.1. The lowest BCUT2D eigenvalue weighted by Gasteiger charge is -2.28. The van der Waals surface area contributed by atoms with Crippen molar-refractivity contribution in [2.75, 3.05) is 0 Å². The summed E-state index contributed by atoms with van der Waals surface area (Å²) < 4.78 is 39.4. The van der Waals surface area contributed by atoms with Crippen LogP contribution >= 0.6 is 11.3 Å². The topological polar surface area (TPSA) is 99.5 Å². The van der Waals surface area contributed by atoms with Crippen LogP contribution in [0.3, 0.4) is 0 Å². The summed E-state index contributed by atoms with van der Waals surface area (Å²) in [5.41, 5.74) is -3.11. The molecule has 1 aromatic heterocycles. The Morgan fingerprint density at radius 2 is 2.05 bits per heavy atom. The van der Waals surface area contributed by atoms with Gasteiger partial charge in [0.05, 0.1) is 12.8 Å². The largest absolute Gasteiger partial charge is 0.481 e. The summed E-state index contributed by atoms with van der Waals surface area (Å²) in [4.78, 5) is 25.8.